The van der Waals surface area contributed by atoms with Crippen LogP contribution in [0, 0.1) is 0 Å². The summed E-state index contributed by atoms with van der Waals surface area (Å²) in [4.78, 5) is 22.9. The Morgan fingerprint density at radius 3 is 2.81 bits per heavy atom. The monoisotopic (exact) mass is 352 g/mol. The molecule has 21 heavy (non-hydrogen) atoms. The number of rotatable bonds is 2. The molecule has 0 aliphatic heterocycles. The summed E-state index contributed by atoms with van der Waals surface area (Å²) in [6, 6.07) is 0.141. The highest BCUT2D eigenvalue weighted by Gasteiger charge is 2.38. The van der Waals surface area contributed by atoms with Crippen LogP contribution in [0.25, 0.3) is 5.65 Å². The Morgan fingerprint density at radius 2 is 2.19 bits per heavy atom. The van der Waals surface area contributed by atoms with Crippen LogP contribution in [0.1, 0.15) is 33.6 Å². The van der Waals surface area contributed by atoms with Crippen molar-refractivity contribution in [2.45, 2.75) is 45.3 Å². The van der Waals surface area contributed by atoms with Crippen LogP contribution in [0.4, 0.5) is 10.6 Å². The van der Waals surface area contributed by atoms with E-state index in [9.17, 15) is 4.79 Å². The van der Waals surface area contributed by atoms with Crippen molar-refractivity contribution < 1.29 is 9.53 Å². The van der Waals surface area contributed by atoms with Crippen LogP contribution in [0.3, 0.4) is 0 Å². The molecule has 1 amide bonds. The number of amides is 1. The minimum absolute atomic E-state index is 0.141. The van der Waals surface area contributed by atoms with Gasteiger partial charge < -0.3 is 9.14 Å². The predicted octanol–water partition coefficient (Wildman–Crippen LogP) is 3.40. The molecule has 0 radical (unpaired) electrons. The standard InChI is InChI=1S/C14H17BrN4O2/c1-14(2,3)21-13(20)19(9-4-5-9)12-11-16-6-7-18(11)8-10(15)17-12/h6-9H,4-5H2,1-3H3. The van der Waals surface area contributed by atoms with Gasteiger partial charge in [-0.2, -0.15) is 0 Å². The highest BCUT2D eigenvalue weighted by molar-refractivity contribution is 9.10. The van der Waals surface area contributed by atoms with E-state index < -0.39 is 5.60 Å². The van der Waals surface area contributed by atoms with Gasteiger partial charge in [0.15, 0.2) is 11.5 Å². The number of carbonyl (C=O) groups excluding carboxylic acids is 1. The van der Waals surface area contributed by atoms with E-state index in [4.69, 9.17) is 4.74 Å². The van der Waals surface area contributed by atoms with Crippen LogP contribution in [-0.2, 0) is 4.74 Å². The van der Waals surface area contributed by atoms with Crippen molar-refractivity contribution >= 4 is 33.5 Å². The molecule has 2 aromatic rings. The fourth-order valence-electron chi connectivity index (χ4n) is 2.10. The number of carbonyl (C=O) groups is 1. The Kier molecular flexibility index (Phi) is 3.39. The lowest BCUT2D eigenvalue weighted by atomic mass is 10.2. The van der Waals surface area contributed by atoms with Crippen molar-refractivity contribution in [3.8, 4) is 0 Å². The van der Waals surface area contributed by atoms with Gasteiger partial charge in [0.05, 0.1) is 0 Å². The van der Waals surface area contributed by atoms with Gasteiger partial charge in [-0.15, -0.1) is 0 Å². The van der Waals surface area contributed by atoms with E-state index in [1.54, 1.807) is 11.1 Å². The second kappa shape index (κ2) is 4.98. The molecule has 2 heterocycles. The molecule has 0 saturated heterocycles. The zero-order valence-electron chi connectivity index (χ0n) is 12.2. The van der Waals surface area contributed by atoms with Gasteiger partial charge in [0.25, 0.3) is 0 Å². The van der Waals surface area contributed by atoms with Gasteiger partial charge in [-0.3, -0.25) is 4.90 Å². The number of aromatic nitrogens is 3. The first-order chi connectivity index (χ1) is 9.85. The first kappa shape index (κ1) is 14.3. The van der Waals surface area contributed by atoms with Gasteiger partial charge in [-0.05, 0) is 49.5 Å². The molecule has 1 saturated carbocycles. The number of hydrogen-bond acceptors (Lipinski definition) is 4. The molecule has 0 unspecified atom stereocenters. The Hall–Kier alpha value is -1.63. The smallest absolute Gasteiger partial charge is 0.416 e. The average molecular weight is 353 g/mol. The average Bonchev–Trinajstić information content (AvgIpc) is 3.04. The van der Waals surface area contributed by atoms with Crippen molar-refractivity contribution in [3.05, 3.63) is 23.2 Å². The summed E-state index contributed by atoms with van der Waals surface area (Å²) in [5.74, 6) is 0.533. The molecular formula is C14H17BrN4O2. The quantitative estimate of drug-likeness (QED) is 0.830. The lowest BCUT2D eigenvalue weighted by molar-refractivity contribution is 0.0577. The van der Waals surface area contributed by atoms with Crippen LogP contribution in [0.5, 0.6) is 0 Å². The highest BCUT2D eigenvalue weighted by atomic mass is 79.9. The van der Waals surface area contributed by atoms with E-state index in [2.05, 4.69) is 25.9 Å². The van der Waals surface area contributed by atoms with Crippen molar-refractivity contribution in [1.29, 1.82) is 0 Å². The van der Waals surface area contributed by atoms with E-state index in [0.29, 0.717) is 16.1 Å². The number of halogens is 1. The fourth-order valence-corrected chi connectivity index (χ4v) is 2.49. The largest absolute Gasteiger partial charge is 0.443 e. The molecule has 112 valence electrons. The molecule has 0 bridgehead atoms. The van der Waals surface area contributed by atoms with Gasteiger partial charge in [0.1, 0.15) is 10.2 Å². The number of imidazole rings is 1. The summed E-state index contributed by atoms with van der Waals surface area (Å²) in [6.07, 6.45) is 6.87. The molecule has 1 aliphatic rings. The summed E-state index contributed by atoms with van der Waals surface area (Å²) in [6.45, 7) is 5.57. The highest BCUT2D eigenvalue weighted by Crippen LogP contribution is 2.34. The SMILES string of the molecule is CC(C)(C)OC(=O)N(c1nc(Br)cn2ccnc12)C1CC1. The van der Waals surface area contributed by atoms with Gasteiger partial charge >= 0.3 is 6.09 Å². The van der Waals surface area contributed by atoms with E-state index in [-0.39, 0.29) is 12.1 Å². The maximum absolute atomic E-state index is 12.5. The van der Waals surface area contributed by atoms with E-state index in [1.807, 2.05) is 37.6 Å². The molecule has 3 rings (SSSR count). The Labute approximate surface area is 131 Å². The maximum atomic E-state index is 12.5. The molecule has 0 spiro atoms. The zero-order chi connectivity index (χ0) is 15.2. The van der Waals surface area contributed by atoms with Crippen molar-refractivity contribution in [2.24, 2.45) is 0 Å². The van der Waals surface area contributed by atoms with E-state index in [1.165, 1.54) is 0 Å². The lowest BCUT2D eigenvalue weighted by Crippen LogP contribution is -2.39. The van der Waals surface area contributed by atoms with Gasteiger partial charge in [0.2, 0.25) is 0 Å². The lowest BCUT2D eigenvalue weighted by Gasteiger charge is -2.27. The minimum atomic E-state index is -0.540. The Morgan fingerprint density at radius 1 is 1.48 bits per heavy atom. The minimum Gasteiger partial charge on any atom is -0.443 e. The Bertz CT molecular complexity index is 688. The summed E-state index contributed by atoms with van der Waals surface area (Å²) in [5, 5.41) is 0. The molecule has 1 fully saturated rings. The molecule has 0 aromatic carbocycles. The molecule has 1 aliphatic carbocycles. The van der Waals surface area contributed by atoms with Crippen molar-refractivity contribution in [3.63, 3.8) is 0 Å². The summed E-state index contributed by atoms with van der Waals surface area (Å²) in [5.41, 5.74) is 0.109. The topological polar surface area (TPSA) is 59.7 Å². The third-order valence-electron chi connectivity index (χ3n) is 3.06. The summed E-state index contributed by atoms with van der Waals surface area (Å²) >= 11 is 3.38. The van der Waals surface area contributed by atoms with Gasteiger partial charge in [-0.1, -0.05) is 0 Å². The summed E-state index contributed by atoms with van der Waals surface area (Å²) in [7, 11) is 0. The second-order valence-corrected chi connectivity index (χ2v) is 6.94. The van der Waals surface area contributed by atoms with E-state index >= 15 is 0 Å². The molecule has 6 nitrogen and oxygen atoms in total. The van der Waals surface area contributed by atoms with Gasteiger partial charge in [0, 0.05) is 24.6 Å². The van der Waals surface area contributed by atoms with E-state index in [0.717, 1.165) is 12.8 Å². The third kappa shape index (κ3) is 3.02. The second-order valence-electron chi connectivity index (χ2n) is 6.13. The van der Waals surface area contributed by atoms with Crippen molar-refractivity contribution in [2.75, 3.05) is 4.90 Å². The molecule has 0 N–H and O–H groups in total. The number of ether oxygens (including phenoxy) is 1. The van der Waals surface area contributed by atoms with Crippen LogP contribution in [0.2, 0.25) is 0 Å². The Balaban J connectivity index is 2.04. The number of fused-ring (bicyclic) bond motifs is 1. The summed E-state index contributed by atoms with van der Waals surface area (Å²) < 4.78 is 8.01. The number of anilines is 1. The first-order valence-corrected chi connectivity index (χ1v) is 7.66. The van der Waals surface area contributed by atoms with Gasteiger partial charge in [-0.25, -0.2) is 14.8 Å². The van der Waals surface area contributed by atoms with Crippen LogP contribution >= 0.6 is 15.9 Å². The normalized spacial score (nSPS) is 15.2. The molecule has 7 heteroatoms. The predicted molar refractivity (Wildman–Crippen MR) is 82.4 cm³/mol. The zero-order valence-corrected chi connectivity index (χ0v) is 13.8. The fraction of sp³-hybridized carbons (Fsp3) is 0.500. The number of hydrogen-bond donors (Lipinski definition) is 0. The molecule has 0 atom stereocenters. The molecule has 2 aromatic heterocycles. The van der Waals surface area contributed by atoms with Crippen molar-refractivity contribution in [1.82, 2.24) is 14.4 Å². The van der Waals surface area contributed by atoms with Crippen LogP contribution in [-0.4, -0.2) is 32.1 Å². The number of nitrogens with zero attached hydrogens (tertiary/aromatic N) is 4. The third-order valence-corrected chi connectivity index (χ3v) is 3.44. The maximum Gasteiger partial charge on any atom is 0.416 e. The first-order valence-electron chi connectivity index (χ1n) is 6.86. The van der Waals surface area contributed by atoms with Crippen LogP contribution < -0.4 is 4.90 Å². The van der Waals surface area contributed by atoms with Crippen LogP contribution in [0.15, 0.2) is 23.2 Å². The molecular weight excluding hydrogens is 336 g/mol.